The fraction of sp³-hybridized carbons (Fsp3) is 0.111. The molecule has 0 saturated carbocycles. The SMILES string of the molecule is O=C(NCCc1ccc(-n2cccn2)cc1)c1cccc(F)c1. The summed E-state index contributed by atoms with van der Waals surface area (Å²) in [5, 5.41) is 6.96. The van der Waals surface area contributed by atoms with Crippen LogP contribution in [0.1, 0.15) is 15.9 Å². The van der Waals surface area contributed by atoms with E-state index in [1.54, 1.807) is 16.9 Å². The van der Waals surface area contributed by atoms with E-state index in [1.807, 2.05) is 36.5 Å². The molecule has 0 bridgehead atoms. The molecule has 0 spiro atoms. The van der Waals surface area contributed by atoms with E-state index in [-0.39, 0.29) is 5.91 Å². The van der Waals surface area contributed by atoms with Gasteiger partial charge in [-0.3, -0.25) is 4.79 Å². The number of amides is 1. The van der Waals surface area contributed by atoms with Gasteiger partial charge in [0, 0.05) is 24.5 Å². The Labute approximate surface area is 133 Å². The van der Waals surface area contributed by atoms with E-state index >= 15 is 0 Å². The van der Waals surface area contributed by atoms with Crippen molar-refractivity contribution in [1.82, 2.24) is 15.1 Å². The smallest absolute Gasteiger partial charge is 0.251 e. The number of aromatic nitrogens is 2. The van der Waals surface area contributed by atoms with Crippen molar-refractivity contribution in [2.45, 2.75) is 6.42 Å². The van der Waals surface area contributed by atoms with Gasteiger partial charge in [0.05, 0.1) is 5.69 Å². The van der Waals surface area contributed by atoms with Crippen molar-refractivity contribution in [2.24, 2.45) is 0 Å². The number of benzene rings is 2. The van der Waals surface area contributed by atoms with Gasteiger partial charge in [0.25, 0.3) is 5.91 Å². The molecule has 116 valence electrons. The fourth-order valence-corrected chi connectivity index (χ4v) is 2.29. The minimum Gasteiger partial charge on any atom is -0.352 e. The summed E-state index contributed by atoms with van der Waals surface area (Å²) in [5.41, 5.74) is 2.43. The third-order valence-electron chi connectivity index (χ3n) is 3.49. The highest BCUT2D eigenvalue weighted by atomic mass is 19.1. The molecule has 4 nitrogen and oxygen atoms in total. The topological polar surface area (TPSA) is 46.9 Å². The van der Waals surface area contributed by atoms with Crippen LogP contribution in [-0.4, -0.2) is 22.2 Å². The van der Waals surface area contributed by atoms with Crippen LogP contribution in [-0.2, 0) is 6.42 Å². The fourth-order valence-electron chi connectivity index (χ4n) is 2.29. The summed E-state index contributed by atoms with van der Waals surface area (Å²) in [6, 6.07) is 15.5. The van der Waals surface area contributed by atoms with Gasteiger partial charge in [0.15, 0.2) is 0 Å². The molecule has 0 unspecified atom stereocenters. The molecule has 3 aromatic rings. The molecule has 0 aliphatic heterocycles. The Morgan fingerprint density at radius 3 is 2.65 bits per heavy atom. The zero-order valence-corrected chi connectivity index (χ0v) is 12.4. The Morgan fingerprint density at radius 1 is 1.13 bits per heavy atom. The molecule has 3 rings (SSSR count). The van der Waals surface area contributed by atoms with Gasteiger partial charge in [-0.1, -0.05) is 18.2 Å². The van der Waals surface area contributed by atoms with Gasteiger partial charge in [-0.25, -0.2) is 9.07 Å². The monoisotopic (exact) mass is 309 g/mol. The van der Waals surface area contributed by atoms with Gasteiger partial charge in [-0.05, 0) is 48.4 Å². The number of carbonyl (C=O) groups is 1. The van der Waals surface area contributed by atoms with Crippen LogP contribution >= 0.6 is 0 Å². The number of nitrogens with zero attached hydrogens (tertiary/aromatic N) is 2. The van der Waals surface area contributed by atoms with Crippen LogP contribution in [0.25, 0.3) is 5.69 Å². The van der Waals surface area contributed by atoms with Gasteiger partial charge >= 0.3 is 0 Å². The van der Waals surface area contributed by atoms with Gasteiger partial charge in [0.1, 0.15) is 5.82 Å². The zero-order valence-electron chi connectivity index (χ0n) is 12.4. The van der Waals surface area contributed by atoms with Crippen LogP contribution in [0.2, 0.25) is 0 Å². The van der Waals surface area contributed by atoms with Crippen LogP contribution < -0.4 is 5.32 Å². The average Bonchev–Trinajstić information content (AvgIpc) is 3.10. The maximum atomic E-state index is 13.1. The van der Waals surface area contributed by atoms with Gasteiger partial charge < -0.3 is 5.32 Å². The molecular formula is C18H16FN3O. The van der Waals surface area contributed by atoms with Crippen molar-refractivity contribution in [1.29, 1.82) is 0 Å². The summed E-state index contributed by atoms with van der Waals surface area (Å²) in [6.45, 7) is 0.496. The molecule has 0 radical (unpaired) electrons. The second-order valence-electron chi connectivity index (χ2n) is 5.13. The second-order valence-corrected chi connectivity index (χ2v) is 5.13. The largest absolute Gasteiger partial charge is 0.352 e. The van der Waals surface area contributed by atoms with Gasteiger partial charge in [-0.2, -0.15) is 5.10 Å². The van der Waals surface area contributed by atoms with Crippen LogP contribution in [0.5, 0.6) is 0 Å². The first kappa shape index (κ1) is 15.0. The lowest BCUT2D eigenvalue weighted by molar-refractivity contribution is 0.0953. The summed E-state index contributed by atoms with van der Waals surface area (Å²) in [5.74, 6) is -0.676. The molecule has 0 saturated heterocycles. The van der Waals surface area contributed by atoms with E-state index in [0.717, 1.165) is 11.3 Å². The third kappa shape index (κ3) is 3.83. The maximum Gasteiger partial charge on any atom is 0.251 e. The molecule has 0 fully saturated rings. The van der Waals surface area contributed by atoms with Crippen molar-refractivity contribution >= 4 is 5.91 Å². The lowest BCUT2D eigenvalue weighted by Gasteiger charge is -2.07. The summed E-state index contributed by atoms with van der Waals surface area (Å²) >= 11 is 0. The van der Waals surface area contributed by atoms with Crippen molar-refractivity contribution < 1.29 is 9.18 Å². The molecule has 1 aromatic heterocycles. The maximum absolute atomic E-state index is 13.1. The van der Waals surface area contributed by atoms with E-state index in [9.17, 15) is 9.18 Å². The molecule has 5 heteroatoms. The highest BCUT2D eigenvalue weighted by molar-refractivity contribution is 5.94. The highest BCUT2D eigenvalue weighted by Gasteiger charge is 2.05. The normalized spacial score (nSPS) is 10.5. The lowest BCUT2D eigenvalue weighted by Crippen LogP contribution is -2.25. The second kappa shape index (κ2) is 6.87. The van der Waals surface area contributed by atoms with Crippen LogP contribution in [0.4, 0.5) is 4.39 Å². The number of carbonyl (C=O) groups excluding carboxylic acids is 1. The highest BCUT2D eigenvalue weighted by Crippen LogP contribution is 2.09. The van der Waals surface area contributed by atoms with Gasteiger partial charge in [0.2, 0.25) is 0 Å². The minimum absolute atomic E-state index is 0.266. The van der Waals surface area contributed by atoms with Crippen molar-refractivity contribution in [2.75, 3.05) is 6.54 Å². The molecule has 1 N–H and O–H groups in total. The van der Waals surface area contributed by atoms with E-state index < -0.39 is 5.82 Å². The summed E-state index contributed by atoms with van der Waals surface area (Å²) < 4.78 is 14.9. The van der Waals surface area contributed by atoms with Crippen LogP contribution in [0, 0.1) is 5.82 Å². The Morgan fingerprint density at radius 2 is 1.96 bits per heavy atom. The first-order valence-electron chi connectivity index (χ1n) is 7.35. The van der Waals surface area contributed by atoms with E-state index in [0.29, 0.717) is 18.5 Å². The number of hydrogen-bond acceptors (Lipinski definition) is 2. The Kier molecular flexibility index (Phi) is 4.47. The number of nitrogens with one attached hydrogen (secondary N) is 1. The predicted molar refractivity (Wildman–Crippen MR) is 86.0 cm³/mol. The number of hydrogen-bond donors (Lipinski definition) is 1. The van der Waals surface area contributed by atoms with Crippen molar-refractivity contribution in [3.05, 3.63) is 83.9 Å². The summed E-state index contributed by atoms with van der Waals surface area (Å²) in [6.07, 6.45) is 4.32. The Hall–Kier alpha value is -2.95. The summed E-state index contributed by atoms with van der Waals surface area (Å²) in [7, 11) is 0. The van der Waals surface area contributed by atoms with Crippen LogP contribution in [0.3, 0.4) is 0 Å². The molecule has 1 heterocycles. The first-order chi connectivity index (χ1) is 11.2. The van der Waals surface area contributed by atoms with E-state index in [4.69, 9.17) is 0 Å². The van der Waals surface area contributed by atoms with Gasteiger partial charge in [-0.15, -0.1) is 0 Å². The van der Waals surface area contributed by atoms with E-state index in [1.165, 1.54) is 18.2 Å². The zero-order chi connectivity index (χ0) is 16.1. The molecule has 0 aliphatic rings. The molecule has 0 aliphatic carbocycles. The minimum atomic E-state index is -0.410. The number of halogens is 1. The summed E-state index contributed by atoms with van der Waals surface area (Å²) in [4.78, 5) is 11.9. The lowest BCUT2D eigenvalue weighted by atomic mass is 10.1. The molecule has 2 aromatic carbocycles. The number of rotatable bonds is 5. The average molecular weight is 309 g/mol. The quantitative estimate of drug-likeness (QED) is 0.787. The van der Waals surface area contributed by atoms with E-state index in [2.05, 4.69) is 10.4 Å². The molecular weight excluding hydrogens is 293 g/mol. The molecule has 1 amide bonds. The van der Waals surface area contributed by atoms with Crippen molar-refractivity contribution in [3.63, 3.8) is 0 Å². The van der Waals surface area contributed by atoms with Crippen LogP contribution in [0.15, 0.2) is 67.0 Å². The Bertz CT molecular complexity index is 782. The molecule has 23 heavy (non-hydrogen) atoms. The standard InChI is InChI=1S/C18H16FN3O/c19-16-4-1-3-15(13-16)18(23)20-11-9-14-5-7-17(8-6-14)22-12-2-10-21-22/h1-8,10,12-13H,9,11H2,(H,20,23). The molecule has 0 atom stereocenters. The Balaban J connectivity index is 1.53. The first-order valence-corrected chi connectivity index (χ1v) is 7.35. The third-order valence-corrected chi connectivity index (χ3v) is 3.49. The predicted octanol–water partition coefficient (Wildman–Crippen LogP) is 2.98. The van der Waals surface area contributed by atoms with Crippen molar-refractivity contribution in [3.8, 4) is 5.69 Å².